The van der Waals surface area contributed by atoms with E-state index in [0.29, 0.717) is 0 Å². The van der Waals surface area contributed by atoms with E-state index in [0.717, 1.165) is 29.8 Å². The molecule has 0 bridgehead atoms. The standard InChI is InChI=1S/C21H23N5O2/c1-13(27)16-9-17(25-24-16)20(28)23-18-10-21(2,3)11-19-15(18)12-22-26(19)14-7-5-4-6-8-14/h4-9,12,18H,10-11H2,1-3H3,(H,23,28)(H,24,25)/t18-/m1/s1. The van der Waals surface area contributed by atoms with Crippen LogP contribution in [0.3, 0.4) is 0 Å². The topological polar surface area (TPSA) is 92.7 Å². The third-order valence-electron chi connectivity index (χ3n) is 5.17. The van der Waals surface area contributed by atoms with Crippen LogP contribution in [-0.4, -0.2) is 31.7 Å². The fourth-order valence-corrected chi connectivity index (χ4v) is 3.82. The number of aromatic amines is 1. The second-order valence-electron chi connectivity index (χ2n) is 8.09. The molecule has 4 rings (SSSR count). The average molecular weight is 377 g/mol. The van der Waals surface area contributed by atoms with E-state index in [1.807, 2.05) is 41.2 Å². The molecule has 0 fully saturated rings. The van der Waals surface area contributed by atoms with Crippen molar-refractivity contribution in [3.8, 4) is 5.69 Å². The molecule has 28 heavy (non-hydrogen) atoms. The molecule has 1 aliphatic rings. The van der Waals surface area contributed by atoms with Crippen LogP contribution in [0.1, 0.15) is 65.5 Å². The molecule has 7 nitrogen and oxygen atoms in total. The van der Waals surface area contributed by atoms with Gasteiger partial charge in [-0.3, -0.25) is 14.7 Å². The van der Waals surface area contributed by atoms with E-state index in [9.17, 15) is 9.59 Å². The quantitative estimate of drug-likeness (QED) is 0.683. The smallest absolute Gasteiger partial charge is 0.269 e. The first kappa shape index (κ1) is 18.2. The van der Waals surface area contributed by atoms with Crippen LogP contribution in [0.15, 0.2) is 42.6 Å². The van der Waals surface area contributed by atoms with Crippen molar-refractivity contribution in [1.82, 2.24) is 25.3 Å². The normalized spacial score (nSPS) is 17.8. The van der Waals surface area contributed by atoms with Gasteiger partial charge >= 0.3 is 0 Å². The fraction of sp³-hybridized carbons (Fsp3) is 0.333. The summed E-state index contributed by atoms with van der Waals surface area (Å²) in [4.78, 5) is 24.2. The maximum atomic E-state index is 12.7. The number of nitrogens with one attached hydrogen (secondary N) is 2. The Morgan fingerprint density at radius 1 is 1.25 bits per heavy atom. The van der Waals surface area contributed by atoms with Gasteiger partial charge in [-0.15, -0.1) is 0 Å². The molecule has 2 N–H and O–H groups in total. The van der Waals surface area contributed by atoms with Gasteiger partial charge in [-0.05, 0) is 36.5 Å². The van der Waals surface area contributed by atoms with Gasteiger partial charge in [-0.25, -0.2) is 4.68 Å². The third-order valence-corrected chi connectivity index (χ3v) is 5.17. The summed E-state index contributed by atoms with van der Waals surface area (Å²) >= 11 is 0. The van der Waals surface area contributed by atoms with Crippen LogP contribution in [0.2, 0.25) is 0 Å². The minimum Gasteiger partial charge on any atom is -0.344 e. The van der Waals surface area contributed by atoms with Crippen molar-refractivity contribution < 1.29 is 9.59 Å². The first-order chi connectivity index (χ1) is 13.3. The molecule has 1 amide bonds. The van der Waals surface area contributed by atoms with Crippen molar-refractivity contribution in [2.24, 2.45) is 5.41 Å². The summed E-state index contributed by atoms with van der Waals surface area (Å²) in [6.45, 7) is 5.81. The molecule has 3 aromatic rings. The molecule has 144 valence electrons. The Morgan fingerprint density at radius 2 is 2.00 bits per heavy atom. The molecular weight excluding hydrogens is 354 g/mol. The highest BCUT2D eigenvalue weighted by atomic mass is 16.2. The number of fused-ring (bicyclic) bond motifs is 1. The van der Waals surface area contributed by atoms with Crippen LogP contribution in [0, 0.1) is 5.41 Å². The molecule has 0 saturated heterocycles. The second-order valence-corrected chi connectivity index (χ2v) is 8.09. The van der Waals surface area contributed by atoms with Gasteiger partial charge in [-0.1, -0.05) is 32.0 Å². The van der Waals surface area contributed by atoms with E-state index in [-0.39, 0.29) is 34.5 Å². The monoisotopic (exact) mass is 377 g/mol. The van der Waals surface area contributed by atoms with Gasteiger partial charge in [0.1, 0.15) is 11.4 Å². The van der Waals surface area contributed by atoms with Gasteiger partial charge in [0.25, 0.3) is 5.91 Å². The number of amides is 1. The number of hydrogen-bond acceptors (Lipinski definition) is 4. The highest BCUT2D eigenvalue weighted by Gasteiger charge is 2.36. The minimum atomic E-state index is -0.277. The summed E-state index contributed by atoms with van der Waals surface area (Å²) in [5, 5.41) is 14.2. The number of hydrogen-bond donors (Lipinski definition) is 2. The molecule has 0 aliphatic heterocycles. The summed E-state index contributed by atoms with van der Waals surface area (Å²) in [6, 6.07) is 11.3. The summed E-state index contributed by atoms with van der Waals surface area (Å²) in [6.07, 6.45) is 3.53. The van der Waals surface area contributed by atoms with Crippen LogP contribution in [0.25, 0.3) is 5.69 Å². The Hall–Kier alpha value is -3.22. The van der Waals surface area contributed by atoms with Crippen LogP contribution in [0.4, 0.5) is 0 Å². The molecule has 2 aromatic heterocycles. The largest absolute Gasteiger partial charge is 0.344 e. The number of benzene rings is 1. The zero-order valence-electron chi connectivity index (χ0n) is 16.2. The lowest BCUT2D eigenvalue weighted by Crippen LogP contribution is -2.37. The lowest BCUT2D eigenvalue weighted by Gasteiger charge is -2.35. The van der Waals surface area contributed by atoms with Crippen LogP contribution < -0.4 is 5.32 Å². The maximum absolute atomic E-state index is 12.7. The molecule has 0 spiro atoms. The fourth-order valence-electron chi connectivity index (χ4n) is 3.82. The number of rotatable bonds is 4. The van der Waals surface area contributed by atoms with Gasteiger partial charge in [-0.2, -0.15) is 10.2 Å². The van der Waals surface area contributed by atoms with Crippen molar-refractivity contribution in [2.45, 2.75) is 39.7 Å². The lowest BCUT2D eigenvalue weighted by atomic mass is 9.74. The van der Waals surface area contributed by atoms with Crippen molar-refractivity contribution in [2.75, 3.05) is 0 Å². The number of H-pyrrole nitrogens is 1. The maximum Gasteiger partial charge on any atom is 0.269 e. The molecule has 2 heterocycles. The van der Waals surface area contributed by atoms with E-state index in [4.69, 9.17) is 0 Å². The first-order valence-electron chi connectivity index (χ1n) is 9.33. The number of carbonyl (C=O) groups excluding carboxylic acids is 2. The second kappa shape index (κ2) is 6.74. The van der Waals surface area contributed by atoms with Crippen molar-refractivity contribution in [1.29, 1.82) is 0 Å². The SMILES string of the molecule is CC(=O)c1cc(C(=O)N[C@@H]2CC(C)(C)Cc3c2cnn3-c2ccccc2)[nH]n1. The van der Waals surface area contributed by atoms with Gasteiger partial charge in [0.15, 0.2) is 5.78 Å². The highest BCUT2D eigenvalue weighted by Crippen LogP contribution is 2.41. The van der Waals surface area contributed by atoms with Gasteiger partial charge < -0.3 is 5.32 Å². The van der Waals surface area contributed by atoms with Crippen molar-refractivity contribution in [3.63, 3.8) is 0 Å². The van der Waals surface area contributed by atoms with E-state index < -0.39 is 0 Å². The Kier molecular flexibility index (Phi) is 4.37. The molecule has 0 saturated carbocycles. The predicted molar refractivity (Wildman–Crippen MR) is 104 cm³/mol. The molecule has 0 unspecified atom stereocenters. The lowest BCUT2D eigenvalue weighted by molar-refractivity contribution is 0.0913. The zero-order chi connectivity index (χ0) is 19.9. The Morgan fingerprint density at radius 3 is 2.68 bits per heavy atom. The zero-order valence-corrected chi connectivity index (χ0v) is 16.2. The van der Waals surface area contributed by atoms with Gasteiger partial charge in [0.05, 0.1) is 23.6 Å². The van der Waals surface area contributed by atoms with Gasteiger partial charge in [0.2, 0.25) is 0 Å². The van der Waals surface area contributed by atoms with E-state index in [1.54, 1.807) is 0 Å². The van der Waals surface area contributed by atoms with Crippen LogP contribution >= 0.6 is 0 Å². The summed E-state index contributed by atoms with van der Waals surface area (Å²) in [5.41, 5.74) is 3.70. The molecule has 1 aromatic carbocycles. The average Bonchev–Trinajstić information content (AvgIpc) is 3.29. The number of para-hydroxylation sites is 1. The summed E-state index contributed by atoms with van der Waals surface area (Å²) < 4.78 is 1.96. The summed E-state index contributed by atoms with van der Waals surface area (Å²) in [7, 11) is 0. The number of aromatic nitrogens is 4. The minimum absolute atomic E-state index is 0.00996. The Bertz CT molecular complexity index is 1030. The highest BCUT2D eigenvalue weighted by molar-refractivity contribution is 5.97. The number of nitrogens with zero attached hydrogens (tertiary/aromatic N) is 3. The van der Waals surface area contributed by atoms with Crippen LogP contribution in [0.5, 0.6) is 0 Å². The number of ketones is 1. The number of Topliss-reactive ketones (excluding diaryl/α,β-unsaturated/α-hetero) is 1. The molecule has 1 aliphatic carbocycles. The van der Waals surface area contributed by atoms with Crippen molar-refractivity contribution >= 4 is 11.7 Å². The summed E-state index contributed by atoms with van der Waals surface area (Å²) in [5.74, 6) is -0.457. The predicted octanol–water partition coefficient (Wildman–Crippen LogP) is 3.24. The number of carbonyl (C=O) groups is 2. The molecule has 1 atom stereocenters. The first-order valence-corrected chi connectivity index (χ1v) is 9.33. The Labute approximate surface area is 163 Å². The van der Waals surface area contributed by atoms with Crippen molar-refractivity contribution in [3.05, 3.63) is 65.2 Å². The molecule has 0 radical (unpaired) electrons. The molecule has 7 heteroatoms. The Balaban J connectivity index is 1.65. The van der Waals surface area contributed by atoms with E-state index >= 15 is 0 Å². The third kappa shape index (κ3) is 3.35. The molecular formula is C21H23N5O2. The van der Waals surface area contributed by atoms with E-state index in [2.05, 4.69) is 34.5 Å². The van der Waals surface area contributed by atoms with E-state index in [1.165, 1.54) is 13.0 Å². The van der Waals surface area contributed by atoms with Gasteiger partial charge in [0, 0.05) is 12.5 Å². The van der Waals surface area contributed by atoms with Crippen LogP contribution in [-0.2, 0) is 6.42 Å².